The van der Waals surface area contributed by atoms with Crippen molar-refractivity contribution >= 4 is 0 Å². The smallest absolute Gasteiger partial charge is 0.0111 e. The van der Waals surface area contributed by atoms with Crippen molar-refractivity contribution in [1.29, 1.82) is 0 Å². The molecule has 3 atom stereocenters. The van der Waals surface area contributed by atoms with Gasteiger partial charge >= 0.3 is 0 Å². The first-order chi connectivity index (χ1) is 8.85. The van der Waals surface area contributed by atoms with Crippen LogP contribution >= 0.6 is 0 Å². The van der Waals surface area contributed by atoms with Crippen LogP contribution in [0, 0.1) is 11.3 Å². The van der Waals surface area contributed by atoms with Crippen LogP contribution in [-0.4, -0.2) is 6.04 Å². The first-order valence-corrected chi connectivity index (χ1v) is 7.65. The molecular weight excluding hydrogens is 230 g/mol. The Morgan fingerprint density at radius 1 is 1.11 bits per heavy atom. The highest BCUT2D eigenvalue weighted by molar-refractivity contribution is 5.22. The normalized spacial score (nSPS) is 16.9. The highest BCUT2D eigenvalue weighted by Gasteiger charge is 2.25. The van der Waals surface area contributed by atoms with Gasteiger partial charge in [0.15, 0.2) is 0 Å². The van der Waals surface area contributed by atoms with Crippen LogP contribution < -0.4 is 5.73 Å². The van der Waals surface area contributed by atoms with Crippen LogP contribution in [0.2, 0.25) is 0 Å². The number of hydrogen-bond donors (Lipinski definition) is 1. The standard InChI is InChI=1S/C18H31N/c1-6-14(2)17(15-10-8-7-9-11-15)16(19)12-13-18(3,4)5/h7-11,14,16-17H,6,12-13,19H2,1-5H3. The van der Waals surface area contributed by atoms with Crippen LogP contribution in [-0.2, 0) is 0 Å². The van der Waals surface area contributed by atoms with E-state index in [1.165, 1.54) is 18.4 Å². The van der Waals surface area contributed by atoms with Crippen molar-refractivity contribution in [1.82, 2.24) is 0 Å². The second-order valence-electron chi connectivity index (χ2n) is 7.09. The molecule has 0 bridgehead atoms. The number of benzene rings is 1. The van der Waals surface area contributed by atoms with Crippen molar-refractivity contribution in [2.45, 2.75) is 65.8 Å². The number of nitrogens with two attached hydrogens (primary N) is 1. The van der Waals surface area contributed by atoms with Crippen LogP contribution in [0.5, 0.6) is 0 Å². The lowest BCUT2D eigenvalue weighted by atomic mass is 9.77. The van der Waals surface area contributed by atoms with Crippen molar-refractivity contribution in [2.75, 3.05) is 0 Å². The van der Waals surface area contributed by atoms with E-state index in [0.717, 1.165) is 6.42 Å². The van der Waals surface area contributed by atoms with Gasteiger partial charge < -0.3 is 5.73 Å². The molecule has 1 heteroatoms. The molecule has 0 aromatic heterocycles. The van der Waals surface area contributed by atoms with Crippen LogP contribution in [0.4, 0.5) is 0 Å². The fourth-order valence-electron chi connectivity index (χ4n) is 2.71. The van der Waals surface area contributed by atoms with Crippen molar-refractivity contribution < 1.29 is 0 Å². The molecule has 0 spiro atoms. The Balaban J connectivity index is 2.80. The molecule has 0 heterocycles. The van der Waals surface area contributed by atoms with E-state index in [-0.39, 0.29) is 6.04 Å². The zero-order valence-corrected chi connectivity index (χ0v) is 13.3. The third kappa shape index (κ3) is 5.36. The van der Waals surface area contributed by atoms with Crippen molar-refractivity contribution in [2.24, 2.45) is 17.1 Å². The predicted molar refractivity (Wildman–Crippen MR) is 85.3 cm³/mol. The van der Waals surface area contributed by atoms with Gasteiger partial charge in [0, 0.05) is 12.0 Å². The predicted octanol–water partition coefficient (Wildman–Crippen LogP) is 4.97. The van der Waals surface area contributed by atoms with Gasteiger partial charge in [-0.3, -0.25) is 0 Å². The molecule has 0 aliphatic rings. The van der Waals surface area contributed by atoms with Crippen molar-refractivity contribution in [3.05, 3.63) is 35.9 Å². The van der Waals surface area contributed by atoms with Gasteiger partial charge in [0.25, 0.3) is 0 Å². The van der Waals surface area contributed by atoms with E-state index < -0.39 is 0 Å². The molecule has 19 heavy (non-hydrogen) atoms. The van der Waals surface area contributed by atoms with Gasteiger partial charge in [-0.1, -0.05) is 71.4 Å². The molecule has 1 aromatic carbocycles. The summed E-state index contributed by atoms with van der Waals surface area (Å²) in [6.07, 6.45) is 3.48. The lowest BCUT2D eigenvalue weighted by Gasteiger charge is -2.31. The SMILES string of the molecule is CCC(C)C(c1ccccc1)C(N)CCC(C)(C)C. The van der Waals surface area contributed by atoms with Crippen molar-refractivity contribution in [3.8, 4) is 0 Å². The summed E-state index contributed by atoms with van der Waals surface area (Å²) in [5.41, 5.74) is 8.30. The Bertz CT molecular complexity index is 350. The van der Waals surface area contributed by atoms with Crippen LogP contribution in [0.1, 0.15) is 65.4 Å². The highest BCUT2D eigenvalue weighted by Crippen LogP contribution is 2.33. The first kappa shape index (κ1) is 16.2. The Morgan fingerprint density at radius 3 is 2.16 bits per heavy atom. The second-order valence-corrected chi connectivity index (χ2v) is 7.09. The number of hydrogen-bond acceptors (Lipinski definition) is 1. The molecule has 0 aliphatic heterocycles. The fourth-order valence-corrected chi connectivity index (χ4v) is 2.71. The summed E-state index contributed by atoms with van der Waals surface area (Å²) >= 11 is 0. The molecule has 1 aromatic rings. The molecule has 0 amide bonds. The van der Waals surface area contributed by atoms with Crippen LogP contribution in [0.15, 0.2) is 30.3 Å². The van der Waals surface area contributed by atoms with Gasteiger partial charge in [-0.2, -0.15) is 0 Å². The minimum atomic E-state index is 0.261. The highest BCUT2D eigenvalue weighted by atomic mass is 14.7. The van der Waals surface area contributed by atoms with Gasteiger partial charge in [0.1, 0.15) is 0 Å². The summed E-state index contributed by atoms with van der Waals surface area (Å²) in [4.78, 5) is 0. The Labute approximate surface area is 119 Å². The summed E-state index contributed by atoms with van der Waals surface area (Å²) < 4.78 is 0. The fraction of sp³-hybridized carbons (Fsp3) is 0.667. The zero-order chi connectivity index (χ0) is 14.5. The van der Waals surface area contributed by atoms with Crippen LogP contribution in [0.3, 0.4) is 0 Å². The summed E-state index contributed by atoms with van der Waals surface area (Å²) in [5.74, 6) is 1.12. The van der Waals surface area contributed by atoms with Gasteiger partial charge in [-0.15, -0.1) is 0 Å². The van der Waals surface area contributed by atoms with E-state index in [1.54, 1.807) is 0 Å². The molecular formula is C18H31N. The minimum absolute atomic E-state index is 0.261. The minimum Gasteiger partial charge on any atom is -0.327 e. The third-order valence-electron chi connectivity index (χ3n) is 4.13. The summed E-state index contributed by atoms with van der Waals surface area (Å²) in [6, 6.07) is 11.1. The maximum Gasteiger partial charge on any atom is 0.0111 e. The molecule has 3 unspecified atom stereocenters. The molecule has 2 N–H and O–H groups in total. The average Bonchev–Trinajstić information content (AvgIpc) is 2.37. The quantitative estimate of drug-likeness (QED) is 0.768. The summed E-state index contributed by atoms with van der Waals surface area (Å²) in [7, 11) is 0. The zero-order valence-electron chi connectivity index (χ0n) is 13.3. The first-order valence-electron chi connectivity index (χ1n) is 7.65. The van der Waals surface area contributed by atoms with Gasteiger partial charge in [-0.25, -0.2) is 0 Å². The van der Waals surface area contributed by atoms with Crippen molar-refractivity contribution in [3.63, 3.8) is 0 Å². The van der Waals surface area contributed by atoms with Gasteiger partial charge in [0.2, 0.25) is 0 Å². The van der Waals surface area contributed by atoms with E-state index in [9.17, 15) is 0 Å². The monoisotopic (exact) mass is 261 g/mol. The maximum absolute atomic E-state index is 6.53. The van der Waals surface area contributed by atoms with E-state index in [2.05, 4.69) is 65.0 Å². The second kappa shape index (κ2) is 7.09. The largest absolute Gasteiger partial charge is 0.327 e. The Kier molecular flexibility index (Phi) is 6.06. The maximum atomic E-state index is 6.53. The number of rotatable bonds is 6. The lowest BCUT2D eigenvalue weighted by Crippen LogP contribution is -2.33. The van der Waals surface area contributed by atoms with Gasteiger partial charge in [0.05, 0.1) is 0 Å². The molecule has 1 rings (SSSR count). The molecule has 0 saturated heterocycles. The summed E-state index contributed by atoms with van der Waals surface area (Å²) in [5, 5.41) is 0. The summed E-state index contributed by atoms with van der Waals surface area (Å²) in [6.45, 7) is 11.5. The van der Waals surface area contributed by atoms with Crippen LogP contribution in [0.25, 0.3) is 0 Å². The van der Waals surface area contributed by atoms with Gasteiger partial charge in [-0.05, 0) is 29.7 Å². The Hall–Kier alpha value is -0.820. The molecule has 0 radical (unpaired) electrons. The van der Waals surface area contributed by atoms with E-state index in [4.69, 9.17) is 5.73 Å². The third-order valence-corrected chi connectivity index (χ3v) is 4.13. The van der Waals surface area contributed by atoms with E-state index in [0.29, 0.717) is 17.3 Å². The molecule has 108 valence electrons. The molecule has 0 saturated carbocycles. The van der Waals surface area contributed by atoms with E-state index >= 15 is 0 Å². The molecule has 0 aliphatic carbocycles. The molecule has 1 nitrogen and oxygen atoms in total. The van der Waals surface area contributed by atoms with E-state index in [1.807, 2.05) is 0 Å². The Morgan fingerprint density at radius 2 is 1.68 bits per heavy atom. The lowest BCUT2D eigenvalue weighted by molar-refractivity contribution is 0.304. The topological polar surface area (TPSA) is 26.0 Å². The molecule has 0 fully saturated rings. The average molecular weight is 261 g/mol.